The number of hydrogen-bond donors (Lipinski definition) is 0. The Morgan fingerprint density at radius 2 is 1.70 bits per heavy atom. The largest absolute Gasteiger partial charge is 0.454 e. The monoisotopic (exact) mass is 529 g/mol. The Bertz CT molecular complexity index is 1520. The van der Waals surface area contributed by atoms with E-state index in [-0.39, 0.29) is 23.8 Å². The van der Waals surface area contributed by atoms with Crippen molar-refractivity contribution in [2.45, 2.75) is 6.18 Å². The fourth-order valence-electron chi connectivity index (χ4n) is 4.51. The van der Waals surface area contributed by atoms with Crippen molar-refractivity contribution in [2.75, 3.05) is 37.9 Å². The van der Waals surface area contributed by atoms with Crippen molar-refractivity contribution in [3.05, 3.63) is 71.0 Å². The first kappa shape index (κ1) is 23.4. The number of rotatable bonds is 3. The van der Waals surface area contributed by atoms with Crippen LogP contribution in [0.15, 0.2) is 54.6 Å². The SMILES string of the molecule is O=C(c1cc2nc(-c3ccc4c(c3)OCO4)cc(C(F)(F)F)n2n1)N1CCN(c2ccccc2Cl)CC1. The quantitative estimate of drug-likeness (QED) is 0.381. The summed E-state index contributed by atoms with van der Waals surface area (Å²) in [6.07, 6.45) is -4.72. The lowest BCUT2D eigenvalue weighted by Crippen LogP contribution is -2.49. The van der Waals surface area contributed by atoms with Gasteiger partial charge < -0.3 is 19.3 Å². The van der Waals surface area contributed by atoms with Crippen LogP contribution in [0.25, 0.3) is 16.9 Å². The zero-order valence-electron chi connectivity index (χ0n) is 19.2. The minimum absolute atomic E-state index is 0.0415. The van der Waals surface area contributed by atoms with Gasteiger partial charge >= 0.3 is 6.18 Å². The Morgan fingerprint density at radius 3 is 2.46 bits per heavy atom. The minimum Gasteiger partial charge on any atom is -0.454 e. The lowest BCUT2D eigenvalue weighted by molar-refractivity contribution is -0.142. The molecule has 6 rings (SSSR count). The van der Waals surface area contributed by atoms with Crippen molar-refractivity contribution in [1.29, 1.82) is 0 Å². The molecule has 1 fully saturated rings. The Balaban J connectivity index is 1.30. The molecular weight excluding hydrogens is 511 g/mol. The number of anilines is 1. The summed E-state index contributed by atoms with van der Waals surface area (Å²) in [6.45, 7) is 1.85. The fraction of sp³-hybridized carbons (Fsp3) is 0.240. The first-order valence-corrected chi connectivity index (χ1v) is 11.8. The number of benzene rings is 2. The van der Waals surface area contributed by atoms with Crippen LogP contribution in [0.1, 0.15) is 16.2 Å². The first-order valence-electron chi connectivity index (χ1n) is 11.4. The van der Waals surface area contributed by atoms with Crippen LogP contribution < -0.4 is 14.4 Å². The molecule has 0 bridgehead atoms. The predicted molar refractivity (Wildman–Crippen MR) is 129 cm³/mol. The first-order chi connectivity index (χ1) is 17.8. The topological polar surface area (TPSA) is 72.2 Å². The molecule has 2 aromatic carbocycles. The summed E-state index contributed by atoms with van der Waals surface area (Å²) < 4.78 is 53.3. The highest BCUT2D eigenvalue weighted by molar-refractivity contribution is 6.33. The average molecular weight is 530 g/mol. The number of ether oxygens (including phenoxy) is 2. The van der Waals surface area contributed by atoms with Gasteiger partial charge in [-0.2, -0.15) is 18.3 Å². The lowest BCUT2D eigenvalue weighted by atomic mass is 10.1. The molecule has 8 nitrogen and oxygen atoms in total. The van der Waals surface area contributed by atoms with E-state index in [0.29, 0.717) is 52.8 Å². The van der Waals surface area contributed by atoms with Crippen LogP contribution in [0.2, 0.25) is 5.02 Å². The van der Waals surface area contributed by atoms with E-state index in [4.69, 9.17) is 21.1 Å². The van der Waals surface area contributed by atoms with Crippen molar-refractivity contribution in [1.82, 2.24) is 19.5 Å². The number of para-hydroxylation sites is 1. The smallest absolute Gasteiger partial charge is 0.433 e. The van der Waals surface area contributed by atoms with Crippen LogP contribution in [0.3, 0.4) is 0 Å². The fourth-order valence-corrected chi connectivity index (χ4v) is 4.76. The van der Waals surface area contributed by atoms with Gasteiger partial charge in [-0.05, 0) is 36.4 Å². The van der Waals surface area contributed by atoms with E-state index in [0.717, 1.165) is 11.8 Å². The third-order valence-electron chi connectivity index (χ3n) is 6.37. The molecule has 4 heterocycles. The zero-order valence-corrected chi connectivity index (χ0v) is 20.0. The van der Waals surface area contributed by atoms with E-state index in [1.54, 1.807) is 29.2 Å². The second-order valence-corrected chi connectivity index (χ2v) is 9.03. The number of carbonyl (C=O) groups excluding carboxylic acids is 1. The molecule has 0 N–H and O–H groups in total. The Labute approximate surface area is 213 Å². The third kappa shape index (κ3) is 4.29. The lowest BCUT2D eigenvalue weighted by Gasteiger charge is -2.36. The average Bonchev–Trinajstić information content (AvgIpc) is 3.54. The van der Waals surface area contributed by atoms with Gasteiger partial charge in [0, 0.05) is 37.8 Å². The van der Waals surface area contributed by atoms with Crippen LogP contribution in [-0.2, 0) is 6.18 Å². The Kier molecular flexibility index (Phi) is 5.59. The number of hydrogen-bond acceptors (Lipinski definition) is 6. The van der Waals surface area contributed by atoms with Crippen molar-refractivity contribution in [3.8, 4) is 22.8 Å². The molecule has 190 valence electrons. The molecule has 1 amide bonds. The van der Waals surface area contributed by atoms with Crippen LogP contribution in [0, 0.1) is 0 Å². The van der Waals surface area contributed by atoms with Crippen LogP contribution in [0.4, 0.5) is 18.9 Å². The molecule has 0 unspecified atom stereocenters. The van der Waals surface area contributed by atoms with E-state index in [2.05, 4.69) is 15.0 Å². The molecule has 1 saturated heterocycles. The van der Waals surface area contributed by atoms with Gasteiger partial charge in [0.2, 0.25) is 6.79 Å². The molecule has 0 saturated carbocycles. The Morgan fingerprint density at radius 1 is 0.946 bits per heavy atom. The number of amides is 1. The molecule has 12 heteroatoms. The summed E-state index contributed by atoms with van der Waals surface area (Å²) in [5, 5.41) is 4.62. The van der Waals surface area contributed by atoms with E-state index >= 15 is 0 Å². The van der Waals surface area contributed by atoms with Gasteiger partial charge in [0.05, 0.1) is 16.4 Å². The van der Waals surface area contributed by atoms with Crippen molar-refractivity contribution >= 4 is 28.8 Å². The third-order valence-corrected chi connectivity index (χ3v) is 6.68. The van der Waals surface area contributed by atoms with Crippen molar-refractivity contribution in [2.24, 2.45) is 0 Å². The van der Waals surface area contributed by atoms with E-state index in [1.165, 1.54) is 6.07 Å². The normalized spacial score (nSPS) is 15.5. The second kappa shape index (κ2) is 8.84. The second-order valence-electron chi connectivity index (χ2n) is 8.62. The molecule has 0 radical (unpaired) electrons. The van der Waals surface area contributed by atoms with Crippen molar-refractivity contribution < 1.29 is 27.4 Å². The van der Waals surface area contributed by atoms with Crippen LogP contribution in [0.5, 0.6) is 11.5 Å². The van der Waals surface area contributed by atoms with Gasteiger partial charge in [0.25, 0.3) is 5.91 Å². The summed E-state index contributed by atoms with van der Waals surface area (Å²) in [6, 6.07) is 14.4. The molecule has 4 aromatic rings. The van der Waals surface area contributed by atoms with E-state index in [9.17, 15) is 18.0 Å². The molecule has 2 aromatic heterocycles. The zero-order chi connectivity index (χ0) is 25.7. The maximum Gasteiger partial charge on any atom is 0.433 e. The maximum absolute atomic E-state index is 14.0. The summed E-state index contributed by atoms with van der Waals surface area (Å²) in [5.74, 6) is 0.475. The highest BCUT2D eigenvalue weighted by atomic mass is 35.5. The molecule has 0 spiro atoms. The number of carbonyl (C=O) groups is 1. The summed E-state index contributed by atoms with van der Waals surface area (Å²) in [7, 11) is 0. The van der Waals surface area contributed by atoms with Gasteiger partial charge in [-0.3, -0.25) is 4.79 Å². The van der Waals surface area contributed by atoms with Gasteiger partial charge in [-0.15, -0.1) is 0 Å². The van der Waals surface area contributed by atoms with Crippen LogP contribution >= 0.6 is 11.6 Å². The highest BCUT2D eigenvalue weighted by Crippen LogP contribution is 2.37. The number of aromatic nitrogens is 3. The molecule has 0 aliphatic carbocycles. The summed E-state index contributed by atoms with van der Waals surface area (Å²) in [4.78, 5) is 21.2. The summed E-state index contributed by atoms with van der Waals surface area (Å²) >= 11 is 6.29. The number of nitrogens with zero attached hydrogens (tertiary/aromatic N) is 5. The van der Waals surface area contributed by atoms with Gasteiger partial charge in [-0.25, -0.2) is 9.50 Å². The minimum atomic E-state index is -4.72. The van der Waals surface area contributed by atoms with Crippen LogP contribution in [-0.4, -0.2) is 58.4 Å². The Hall–Kier alpha value is -3.99. The molecule has 37 heavy (non-hydrogen) atoms. The number of alkyl halides is 3. The molecular formula is C25H19ClF3N5O3. The number of halogens is 4. The van der Waals surface area contributed by atoms with E-state index in [1.807, 2.05) is 18.2 Å². The molecule has 0 atom stereocenters. The number of fused-ring (bicyclic) bond motifs is 2. The molecule has 2 aliphatic heterocycles. The van der Waals surface area contributed by atoms with Crippen molar-refractivity contribution in [3.63, 3.8) is 0 Å². The van der Waals surface area contributed by atoms with Gasteiger partial charge in [0.15, 0.2) is 28.5 Å². The van der Waals surface area contributed by atoms with Gasteiger partial charge in [0.1, 0.15) is 0 Å². The maximum atomic E-state index is 14.0. The highest BCUT2D eigenvalue weighted by Gasteiger charge is 2.36. The molecule has 2 aliphatic rings. The number of piperazine rings is 1. The summed E-state index contributed by atoms with van der Waals surface area (Å²) in [5.41, 5.74) is 0.145. The predicted octanol–water partition coefficient (Wildman–Crippen LogP) is 4.76. The standard InChI is InChI=1S/C25H19ClF3N5O3/c26-16-3-1-2-4-19(16)32-7-9-33(10-8-32)24(35)18-13-23-30-17(12-22(25(27,28)29)34(23)31-18)15-5-6-20-21(11-15)37-14-36-20/h1-6,11-13H,7-10,14H2. The van der Waals surface area contributed by atoms with Gasteiger partial charge in [-0.1, -0.05) is 23.7 Å². The van der Waals surface area contributed by atoms with E-state index < -0.39 is 17.8 Å².